The number of benzene rings is 1. The first-order valence-corrected chi connectivity index (χ1v) is 8.61. The normalized spacial score (nSPS) is 27.1. The van der Waals surface area contributed by atoms with Crippen LogP contribution >= 0.6 is 15.9 Å². The van der Waals surface area contributed by atoms with Gasteiger partial charge in [-0.2, -0.15) is 0 Å². The van der Waals surface area contributed by atoms with Crippen molar-refractivity contribution in [2.75, 3.05) is 11.9 Å². The van der Waals surface area contributed by atoms with Crippen LogP contribution in [-0.2, 0) is 0 Å². The molecule has 1 aliphatic rings. The standard InChI is InChI=1S/C17H26BrNO/c1-2-5-14-6-4-10-17(13-20,11-9-14)19-16-8-3-7-15(18)12-16/h3,7-8,12,14,19-20H,2,4-6,9-11,13H2,1H3. The van der Waals surface area contributed by atoms with Crippen LogP contribution in [0, 0.1) is 5.92 Å². The lowest BCUT2D eigenvalue weighted by Gasteiger charge is -2.33. The molecule has 20 heavy (non-hydrogen) atoms. The Bertz CT molecular complexity index is 423. The zero-order valence-corrected chi connectivity index (χ0v) is 14.0. The van der Waals surface area contributed by atoms with Gasteiger partial charge in [0.2, 0.25) is 0 Å². The van der Waals surface area contributed by atoms with Gasteiger partial charge < -0.3 is 10.4 Å². The molecule has 0 amide bonds. The Labute approximate surface area is 131 Å². The summed E-state index contributed by atoms with van der Waals surface area (Å²) in [6, 6.07) is 8.23. The van der Waals surface area contributed by atoms with Gasteiger partial charge in [0.1, 0.15) is 0 Å². The van der Waals surface area contributed by atoms with E-state index in [2.05, 4.69) is 40.3 Å². The predicted molar refractivity (Wildman–Crippen MR) is 89.1 cm³/mol. The van der Waals surface area contributed by atoms with Gasteiger partial charge in [-0.05, 0) is 43.4 Å². The summed E-state index contributed by atoms with van der Waals surface area (Å²) in [6.45, 7) is 2.49. The molecule has 0 radical (unpaired) electrons. The molecule has 2 rings (SSSR count). The van der Waals surface area contributed by atoms with Gasteiger partial charge in [-0.3, -0.25) is 0 Å². The molecule has 0 spiro atoms. The minimum absolute atomic E-state index is 0.136. The van der Waals surface area contributed by atoms with Gasteiger partial charge in [-0.1, -0.05) is 54.6 Å². The Morgan fingerprint density at radius 2 is 2.20 bits per heavy atom. The van der Waals surface area contributed by atoms with Crippen molar-refractivity contribution in [2.45, 2.75) is 57.4 Å². The number of halogens is 1. The molecule has 1 aromatic rings. The molecular weight excluding hydrogens is 314 g/mol. The van der Waals surface area contributed by atoms with Gasteiger partial charge in [-0.25, -0.2) is 0 Å². The number of rotatable bonds is 5. The average Bonchev–Trinajstić information content (AvgIpc) is 2.63. The van der Waals surface area contributed by atoms with E-state index in [4.69, 9.17) is 0 Å². The monoisotopic (exact) mass is 339 g/mol. The number of aliphatic hydroxyl groups is 1. The minimum Gasteiger partial charge on any atom is -0.394 e. The molecule has 0 bridgehead atoms. The molecular formula is C17H26BrNO. The van der Waals surface area contributed by atoms with Gasteiger partial charge in [0, 0.05) is 10.2 Å². The second-order valence-electron chi connectivity index (χ2n) is 6.16. The number of hydrogen-bond acceptors (Lipinski definition) is 2. The molecule has 2 N–H and O–H groups in total. The third-order valence-corrected chi connectivity index (χ3v) is 5.03. The summed E-state index contributed by atoms with van der Waals surface area (Å²) in [5.74, 6) is 0.845. The van der Waals surface area contributed by atoms with Crippen molar-refractivity contribution in [3.8, 4) is 0 Å². The molecule has 0 aliphatic heterocycles. The smallest absolute Gasteiger partial charge is 0.0661 e. The van der Waals surface area contributed by atoms with Gasteiger partial charge in [0.15, 0.2) is 0 Å². The highest BCUT2D eigenvalue weighted by molar-refractivity contribution is 9.10. The van der Waals surface area contributed by atoms with Crippen LogP contribution in [0.2, 0.25) is 0 Å². The summed E-state index contributed by atoms with van der Waals surface area (Å²) in [5.41, 5.74) is 0.964. The van der Waals surface area contributed by atoms with Crippen molar-refractivity contribution in [3.05, 3.63) is 28.7 Å². The van der Waals surface area contributed by atoms with Crippen LogP contribution in [0.15, 0.2) is 28.7 Å². The van der Waals surface area contributed by atoms with Gasteiger partial charge in [0.25, 0.3) is 0 Å². The Morgan fingerprint density at radius 3 is 2.90 bits per heavy atom. The van der Waals surface area contributed by atoms with E-state index < -0.39 is 0 Å². The van der Waals surface area contributed by atoms with Crippen LogP contribution < -0.4 is 5.32 Å². The van der Waals surface area contributed by atoms with Crippen molar-refractivity contribution in [3.63, 3.8) is 0 Å². The zero-order valence-electron chi connectivity index (χ0n) is 12.4. The van der Waals surface area contributed by atoms with Crippen LogP contribution in [0.25, 0.3) is 0 Å². The highest BCUT2D eigenvalue weighted by Crippen LogP contribution is 2.35. The van der Waals surface area contributed by atoms with Gasteiger partial charge >= 0.3 is 0 Å². The molecule has 0 saturated heterocycles. The van der Waals surface area contributed by atoms with E-state index in [-0.39, 0.29) is 12.1 Å². The zero-order chi connectivity index (χ0) is 14.4. The highest BCUT2D eigenvalue weighted by Gasteiger charge is 2.32. The van der Waals surface area contributed by atoms with E-state index in [1.54, 1.807) is 0 Å². The summed E-state index contributed by atoms with van der Waals surface area (Å²) in [5, 5.41) is 13.5. The Morgan fingerprint density at radius 1 is 1.35 bits per heavy atom. The lowest BCUT2D eigenvalue weighted by atomic mass is 9.89. The van der Waals surface area contributed by atoms with Crippen LogP contribution in [0.4, 0.5) is 5.69 Å². The first-order chi connectivity index (χ1) is 9.67. The molecule has 1 aromatic carbocycles. The largest absolute Gasteiger partial charge is 0.394 e. The fraction of sp³-hybridized carbons (Fsp3) is 0.647. The number of anilines is 1. The molecule has 1 aliphatic carbocycles. The number of hydrogen-bond donors (Lipinski definition) is 2. The molecule has 2 unspecified atom stereocenters. The number of aliphatic hydroxyl groups excluding tert-OH is 1. The molecule has 1 fully saturated rings. The van der Waals surface area contributed by atoms with Crippen molar-refractivity contribution < 1.29 is 5.11 Å². The summed E-state index contributed by atoms with van der Waals surface area (Å²) in [7, 11) is 0. The summed E-state index contributed by atoms with van der Waals surface area (Å²) in [4.78, 5) is 0. The molecule has 112 valence electrons. The van der Waals surface area contributed by atoms with Crippen LogP contribution in [0.3, 0.4) is 0 Å². The molecule has 2 nitrogen and oxygen atoms in total. The van der Waals surface area contributed by atoms with Crippen molar-refractivity contribution in [1.82, 2.24) is 0 Å². The maximum absolute atomic E-state index is 9.94. The van der Waals surface area contributed by atoms with E-state index in [1.165, 1.54) is 32.1 Å². The molecule has 1 saturated carbocycles. The lowest BCUT2D eigenvalue weighted by Crippen LogP contribution is -2.41. The summed E-state index contributed by atoms with van der Waals surface area (Å²) >= 11 is 3.51. The van der Waals surface area contributed by atoms with E-state index in [0.29, 0.717) is 0 Å². The van der Waals surface area contributed by atoms with E-state index in [9.17, 15) is 5.11 Å². The van der Waals surface area contributed by atoms with E-state index in [1.807, 2.05) is 12.1 Å². The Balaban J connectivity index is 2.05. The minimum atomic E-state index is -0.136. The SMILES string of the molecule is CCCC1CCCC(CO)(Nc2cccc(Br)c2)CC1. The third kappa shape index (κ3) is 4.23. The van der Waals surface area contributed by atoms with Crippen molar-refractivity contribution in [2.24, 2.45) is 5.92 Å². The van der Waals surface area contributed by atoms with E-state index >= 15 is 0 Å². The quantitative estimate of drug-likeness (QED) is 0.742. The third-order valence-electron chi connectivity index (χ3n) is 4.53. The highest BCUT2D eigenvalue weighted by atomic mass is 79.9. The molecule has 3 heteroatoms. The molecule has 2 atom stereocenters. The van der Waals surface area contributed by atoms with Crippen LogP contribution in [-0.4, -0.2) is 17.3 Å². The van der Waals surface area contributed by atoms with Gasteiger partial charge in [-0.15, -0.1) is 0 Å². The van der Waals surface area contributed by atoms with Crippen molar-refractivity contribution in [1.29, 1.82) is 0 Å². The second-order valence-corrected chi connectivity index (χ2v) is 7.08. The maximum atomic E-state index is 9.94. The second kappa shape index (κ2) is 7.46. The Hall–Kier alpha value is -0.540. The maximum Gasteiger partial charge on any atom is 0.0661 e. The first kappa shape index (κ1) is 15.8. The average molecular weight is 340 g/mol. The Kier molecular flexibility index (Phi) is 5.91. The fourth-order valence-corrected chi connectivity index (χ4v) is 3.77. The van der Waals surface area contributed by atoms with Crippen molar-refractivity contribution >= 4 is 21.6 Å². The first-order valence-electron chi connectivity index (χ1n) is 7.82. The lowest BCUT2D eigenvalue weighted by molar-refractivity contribution is 0.194. The van der Waals surface area contributed by atoms with Crippen LogP contribution in [0.1, 0.15) is 51.9 Å². The molecule has 0 aromatic heterocycles. The fourth-order valence-electron chi connectivity index (χ4n) is 3.37. The topological polar surface area (TPSA) is 32.3 Å². The number of nitrogens with one attached hydrogen (secondary N) is 1. The van der Waals surface area contributed by atoms with Crippen LogP contribution in [0.5, 0.6) is 0 Å². The predicted octanol–water partition coefficient (Wildman–Crippen LogP) is 4.97. The van der Waals surface area contributed by atoms with E-state index in [0.717, 1.165) is 28.9 Å². The summed E-state index contributed by atoms with van der Waals surface area (Å²) in [6.07, 6.45) is 8.50. The van der Waals surface area contributed by atoms with Gasteiger partial charge in [0.05, 0.1) is 12.1 Å². The summed E-state index contributed by atoms with van der Waals surface area (Å²) < 4.78 is 1.08. The molecule has 0 heterocycles.